The van der Waals surface area contributed by atoms with Crippen LogP contribution in [0.2, 0.25) is 0 Å². The van der Waals surface area contributed by atoms with Crippen LogP contribution in [0.3, 0.4) is 0 Å². The van der Waals surface area contributed by atoms with Crippen LogP contribution in [0.15, 0.2) is 12.1 Å². The third-order valence-corrected chi connectivity index (χ3v) is 1.95. The summed E-state index contributed by atoms with van der Waals surface area (Å²) in [5, 5.41) is 19.4. The first-order valence-corrected chi connectivity index (χ1v) is 4.17. The highest BCUT2D eigenvalue weighted by molar-refractivity contribution is 5.98. The van der Waals surface area contributed by atoms with E-state index in [-0.39, 0.29) is 22.6 Å². The van der Waals surface area contributed by atoms with Gasteiger partial charge in [0.1, 0.15) is 11.6 Å². The predicted molar refractivity (Wildman–Crippen MR) is 52.6 cm³/mol. The smallest absolute Gasteiger partial charge is 0.288 e. The van der Waals surface area contributed by atoms with E-state index in [0.717, 1.165) is 0 Å². The molecule has 0 fully saturated rings. The molecule has 1 aromatic rings. The van der Waals surface area contributed by atoms with E-state index in [1.807, 2.05) is 0 Å². The zero-order valence-corrected chi connectivity index (χ0v) is 8.27. The number of rotatable bonds is 2. The molecule has 5 nitrogen and oxygen atoms in total. The predicted octanol–water partition coefficient (Wildman–Crippen LogP) is 1.98. The Morgan fingerprint density at radius 1 is 1.53 bits per heavy atom. The molecule has 15 heavy (non-hydrogen) atoms. The van der Waals surface area contributed by atoms with Gasteiger partial charge in [-0.05, 0) is 25.5 Å². The van der Waals surface area contributed by atoms with Gasteiger partial charge in [-0.3, -0.25) is 14.9 Å². The number of carbonyl (C=O) groups excluding carboxylic acids is 1. The van der Waals surface area contributed by atoms with Crippen LogP contribution in [-0.2, 0) is 0 Å². The highest BCUT2D eigenvalue weighted by Gasteiger charge is 2.20. The molecule has 0 aliphatic rings. The van der Waals surface area contributed by atoms with Crippen LogP contribution in [0.5, 0.6) is 0 Å². The second-order valence-electron chi connectivity index (χ2n) is 3.13. The summed E-state index contributed by atoms with van der Waals surface area (Å²) >= 11 is 0. The van der Waals surface area contributed by atoms with Gasteiger partial charge < -0.3 is 0 Å². The topological polar surface area (TPSA) is 84.0 Å². The minimum atomic E-state index is -0.655. The van der Waals surface area contributed by atoms with Crippen molar-refractivity contribution >= 4 is 11.5 Å². The van der Waals surface area contributed by atoms with Crippen molar-refractivity contribution in [3.05, 3.63) is 38.9 Å². The maximum absolute atomic E-state index is 11.2. The van der Waals surface area contributed by atoms with Crippen molar-refractivity contribution in [1.82, 2.24) is 0 Å². The van der Waals surface area contributed by atoms with Crippen LogP contribution >= 0.6 is 0 Å². The van der Waals surface area contributed by atoms with Crippen molar-refractivity contribution in [3.63, 3.8) is 0 Å². The van der Waals surface area contributed by atoms with Crippen LogP contribution in [0.25, 0.3) is 0 Å². The monoisotopic (exact) mass is 204 g/mol. The first kappa shape index (κ1) is 10.9. The van der Waals surface area contributed by atoms with Crippen LogP contribution in [0, 0.1) is 28.4 Å². The third kappa shape index (κ3) is 1.99. The summed E-state index contributed by atoms with van der Waals surface area (Å²) in [5.74, 6) is -0.349. The molecule has 0 saturated heterocycles. The molecule has 5 heteroatoms. The Morgan fingerprint density at radius 3 is 2.53 bits per heavy atom. The minimum Gasteiger partial charge on any atom is -0.294 e. The Hall–Kier alpha value is -2.22. The number of Topliss-reactive ketones (excluding diaryl/α,β-unsaturated/α-hetero) is 1. The Morgan fingerprint density at radius 2 is 2.13 bits per heavy atom. The van der Waals surface area contributed by atoms with E-state index < -0.39 is 4.92 Å². The van der Waals surface area contributed by atoms with E-state index in [2.05, 4.69) is 0 Å². The lowest BCUT2D eigenvalue weighted by Crippen LogP contribution is -2.02. The molecule has 0 amide bonds. The number of ketones is 1. The summed E-state index contributed by atoms with van der Waals surface area (Å²) in [4.78, 5) is 21.2. The standard InChI is InChI=1S/C10H8N2O3/c1-6-3-8(7(2)13)9(5-11)10(4-6)12(14)15/h3-4H,1-2H3. The summed E-state index contributed by atoms with van der Waals surface area (Å²) in [6, 6.07) is 4.45. The maximum Gasteiger partial charge on any atom is 0.288 e. The Balaban J connectivity index is 3.62. The molecular weight excluding hydrogens is 196 g/mol. The van der Waals surface area contributed by atoms with Crippen molar-refractivity contribution in [3.8, 4) is 6.07 Å². The Bertz CT molecular complexity index is 451. The molecule has 0 aliphatic heterocycles. The summed E-state index contributed by atoms with van der Waals surface area (Å²) in [5.41, 5.74) is 0.205. The van der Waals surface area contributed by atoms with Crippen molar-refractivity contribution in [1.29, 1.82) is 5.26 Å². The molecule has 0 atom stereocenters. The number of hydrogen-bond acceptors (Lipinski definition) is 4. The van der Waals surface area contributed by atoms with Crippen molar-refractivity contribution in [2.24, 2.45) is 0 Å². The van der Waals surface area contributed by atoms with Crippen LogP contribution < -0.4 is 0 Å². The summed E-state index contributed by atoms with van der Waals surface area (Å²) in [6.07, 6.45) is 0. The first-order chi connectivity index (χ1) is 6.97. The fraction of sp³-hybridized carbons (Fsp3) is 0.200. The fourth-order valence-corrected chi connectivity index (χ4v) is 1.31. The van der Waals surface area contributed by atoms with Crippen LogP contribution in [-0.4, -0.2) is 10.7 Å². The van der Waals surface area contributed by atoms with Gasteiger partial charge in [-0.15, -0.1) is 0 Å². The van der Waals surface area contributed by atoms with E-state index >= 15 is 0 Å². The number of nitro groups is 1. The average molecular weight is 204 g/mol. The number of carbonyl (C=O) groups is 1. The fourth-order valence-electron chi connectivity index (χ4n) is 1.31. The molecule has 0 heterocycles. The van der Waals surface area contributed by atoms with E-state index in [1.54, 1.807) is 13.0 Å². The molecular formula is C10H8N2O3. The lowest BCUT2D eigenvalue weighted by molar-refractivity contribution is -0.385. The molecule has 0 aromatic heterocycles. The SMILES string of the molecule is CC(=O)c1cc(C)cc([N+](=O)[O-])c1C#N. The maximum atomic E-state index is 11.2. The largest absolute Gasteiger partial charge is 0.294 e. The number of benzene rings is 1. The molecule has 0 radical (unpaired) electrons. The van der Waals surface area contributed by atoms with Crippen LogP contribution in [0.4, 0.5) is 5.69 Å². The van der Waals surface area contributed by atoms with Crippen LogP contribution in [0.1, 0.15) is 28.4 Å². The molecule has 1 rings (SSSR count). The molecule has 0 N–H and O–H groups in total. The van der Waals surface area contributed by atoms with Crippen molar-refractivity contribution in [2.45, 2.75) is 13.8 Å². The first-order valence-electron chi connectivity index (χ1n) is 4.17. The average Bonchev–Trinajstić information content (AvgIpc) is 2.16. The number of aryl methyl sites for hydroxylation is 1. The van der Waals surface area contributed by atoms with Gasteiger partial charge in [0.25, 0.3) is 5.69 Å². The molecule has 0 bridgehead atoms. The zero-order valence-electron chi connectivity index (χ0n) is 8.27. The summed E-state index contributed by atoms with van der Waals surface area (Å²) < 4.78 is 0. The van der Waals surface area contributed by atoms with Crippen molar-refractivity contribution in [2.75, 3.05) is 0 Å². The quantitative estimate of drug-likeness (QED) is 0.418. The van der Waals surface area contributed by atoms with Gasteiger partial charge in [0.15, 0.2) is 5.78 Å². The van der Waals surface area contributed by atoms with Gasteiger partial charge in [0.05, 0.1) is 4.92 Å². The number of nitrogens with zero attached hydrogens (tertiary/aromatic N) is 2. The van der Waals surface area contributed by atoms with E-state index in [1.165, 1.54) is 19.1 Å². The second kappa shape index (κ2) is 3.88. The van der Waals surface area contributed by atoms with Gasteiger partial charge in [0.2, 0.25) is 0 Å². The van der Waals surface area contributed by atoms with Gasteiger partial charge >= 0.3 is 0 Å². The highest BCUT2D eigenvalue weighted by atomic mass is 16.6. The second-order valence-corrected chi connectivity index (χ2v) is 3.13. The minimum absolute atomic E-state index is 0.101. The Kier molecular flexibility index (Phi) is 2.81. The molecule has 0 spiro atoms. The number of nitro benzene ring substituents is 1. The van der Waals surface area contributed by atoms with E-state index in [0.29, 0.717) is 5.56 Å². The molecule has 0 unspecified atom stereocenters. The Labute approximate surface area is 86.1 Å². The number of nitriles is 1. The normalized spacial score (nSPS) is 9.40. The van der Waals surface area contributed by atoms with Crippen molar-refractivity contribution < 1.29 is 9.72 Å². The zero-order chi connectivity index (χ0) is 11.6. The number of hydrogen-bond donors (Lipinski definition) is 0. The molecule has 1 aromatic carbocycles. The summed E-state index contributed by atoms with van der Waals surface area (Å²) in [6.45, 7) is 2.92. The van der Waals surface area contributed by atoms with E-state index in [9.17, 15) is 14.9 Å². The highest BCUT2D eigenvalue weighted by Crippen LogP contribution is 2.24. The van der Waals surface area contributed by atoms with Gasteiger partial charge in [0, 0.05) is 11.6 Å². The molecule has 0 saturated carbocycles. The van der Waals surface area contributed by atoms with Gasteiger partial charge in [-0.1, -0.05) is 0 Å². The molecule has 0 aliphatic carbocycles. The molecule has 76 valence electrons. The lowest BCUT2D eigenvalue weighted by atomic mass is 10.0. The lowest BCUT2D eigenvalue weighted by Gasteiger charge is -2.02. The van der Waals surface area contributed by atoms with Gasteiger partial charge in [-0.25, -0.2) is 0 Å². The van der Waals surface area contributed by atoms with E-state index in [4.69, 9.17) is 5.26 Å². The third-order valence-electron chi connectivity index (χ3n) is 1.95. The summed E-state index contributed by atoms with van der Waals surface area (Å²) in [7, 11) is 0. The van der Waals surface area contributed by atoms with Gasteiger partial charge in [-0.2, -0.15) is 5.26 Å².